The van der Waals surface area contributed by atoms with Crippen LogP contribution in [0.4, 0.5) is 0 Å². The van der Waals surface area contributed by atoms with E-state index in [4.69, 9.17) is 4.74 Å². The molecule has 0 spiro atoms. The van der Waals surface area contributed by atoms with Gasteiger partial charge >= 0.3 is 0 Å². The number of hydrogen-bond donors (Lipinski definition) is 0. The van der Waals surface area contributed by atoms with Gasteiger partial charge in [0, 0.05) is 13.2 Å². The third kappa shape index (κ3) is 4.12. The van der Waals surface area contributed by atoms with E-state index in [2.05, 4.69) is 0 Å². The fraction of sp³-hybridized carbons (Fsp3) is 1.00. The Balaban J connectivity index is 0.000000322. The Morgan fingerprint density at radius 1 is 0.769 bits per heavy atom. The van der Waals surface area contributed by atoms with Gasteiger partial charge in [-0.1, -0.05) is 40.5 Å². The lowest BCUT2D eigenvalue weighted by Gasteiger charge is -2.22. The molecular weight excluding hydrogens is 160 g/mol. The van der Waals surface area contributed by atoms with Crippen molar-refractivity contribution in [2.75, 3.05) is 13.2 Å². The minimum Gasteiger partial charge on any atom is -0.381 e. The molecule has 1 saturated carbocycles. The maximum Gasteiger partial charge on any atom is 0.0497 e. The first-order chi connectivity index (χ1) is 6.47. The van der Waals surface area contributed by atoms with Crippen LogP contribution in [0.5, 0.6) is 0 Å². The van der Waals surface area contributed by atoms with Crippen molar-refractivity contribution in [3.8, 4) is 0 Å². The monoisotopic (exact) mass is 186 g/mol. The molecule has 2 fully saturated rings. The largest absolute Gasteiger partial charge is 0.381 e. The number of ether oxygens (including phenoxy) is 1. The van der Waals surface area contributed by atoms with Gasteiger partial charge < -0.3 is 4.74 Å². The van der Waals surface area contributed by atoms with Crippen LogP contribution in [0.15, 0.2) is 0 Å². The van der Waals surface area contributed by atoms with Crippen molar-refractivity contribution in [2.24, 2.45) is 11.8 Å². The van der Waals surface area contributed by atoms with Crippen LogP contribution in [0.1, 0.15) is 53.4 Å². The molecule has 0 N–H and O–H groups in total. The summed E-state index contributed by atoms with van der Waals surface area (Å²) in [6, 6.07) is 0. The van der Waals surface area contributed by atoms with Crippen LogP contribution in [0.2, 0.25) is 0 Å². The average molecular weight is 186 g/mol. The second-order valence-corrected chi connectivity index (χ2v) is 3.34. The Bertz CT molecular complexity index is 89.3. The van der Waals surface area contributed by atoms with Gasteiger partial charge in [-0.2, -0.15) is 0 Å². The quantitative estimate of drug-likeness (QED) is 0.558. The van der Waals surface area contributed by atoms with E-state index in [0.29, 0.717) is 0 Å². The normalized spacial score (nSPS) is 30.5. The zero-order valence-corrected chi connectivity index (χ0v) is 9.81. The molecule has 0 bridgehead atoms. The molecule has 2 unspecified atom stereocenters. The van der Waals surface area contributed by atoms with Crippen molar-refractivity contribution in [3.05, 3.63) is 0 Å². The molecule has 1 heteroatoms. The van der Waals surface area contributed by atoms with Crippen LogP contribution in [-0.2, 0) is 4.74 Å². The van der Waals surface area contributed by atoms with Gasteiger partial charge in [0.25, 0.3) is 0 Å². The summed E-state index contributed by atoms with van der Waals surface area (Å²) in [6.07, 6.45) is 5.77. The Kier molecular flexibility index (Phi) is 8.53. The molecule has 1 heterocycles. The maximum absolute atomic E-state index is 5.39. The van der Waals surface area contributed by atoms with Crippen molar-refractivity contribution >= 4 is 0 Å². The molecule has 0 aromatic rings. The Morgan fingerprint density at radius 2 is 1.15 bits per heavy atom. The van der Waals surface area contributed by atoms with Gasteiger partial charge in [0.2, 0.25) is 0 Å². The van der Waals surface area contributed by atoms with E-state index in [0.717, 1.165) is 25.0 Å². The molecule has 1 nitrogen and oxygen atoms in total. The molecular formula is C12H26O. The Hall–Kier alpha value is -0.0400. The van der Waals surface area contributed by atoms with Crippen LogP contribution in [0.25, 0.3) is 0 Å². The standard InChI is InChI=1S/C8H14O.2C2H6/c1-2-4-8-6-9-5-7(8)3-1;2*1-2/h7-8H,1-6H2;2*1-2H3. The SMILES string of the molecule is C1CCC2COCC2C1.CC.CC. The first-order valence-electron chi connectivity index (χ1n) is 6.04. The van der Waals surface area contributed by atoms with E-state index in [9.17, 15) is 0 Å². The smallest absolute Gasteiger partial charge is 0.0497 e. The molecule has 13 heavy (non-hydrogen) atoms. The third-order valence-electron chi connectivity index (χ3n) is 2.73. The molecule has 1 aliphatic carbocycles. The van der Waals surface area contributed by atoms with Crippen LogP contribution in [-0.4, -0.2) is 13.2 Å². The molecule has 0 amide bonds. The average Bonchev–Trinajstić information content (AvgIpc) is 2.71. The summed E-state index contributed by atoms with van der Waals surface area (Å²) in [5.41, 5.74) is 0. The minimum absolute atomic E-state index is 0.943. The second kappa shape index (κ2) is 8.55. The van der Waals surface area contributed by atoms with Crippen LogP contribution in [0.3, 0.4) is 0 Å². The van der Waals surface area contributed by atoms with Gasteiger partial charge in [0.05, 0.1) is 0 Å². The Labute approximate surface area is 83.9 Å². The van der Waals surface area contributed by atoms with Crippen molar-refractivity contribution < 1.29 is 4.74 Å². The highest BCUT2D eigenvalue weighted by Crippen LogP contribution is 2.34. The van der Waals surface area contributed by atoms with Crippen LogP contribution >= 0.6 is 0 Å². The fourth-order valence-electron chi connectivity index (χ4n) is 2.09. The lowest BCUT2D eigenvalue weighted by molar-refractivity contribution is 0.181. The fourth-order valence-corrected chi connectivity index (χ4v) is 2.09. The summed E-state index contributed by atoms with van der Waals surface area (Å²) in [7, 11) is 0. The van der Waals surface area contributed by atoms with E-state index in [1.165, 1.54) is 25.7 Å². The Morgan fingerprint density at radius 3 is 1.54 bits per heavy atom. The van der Waals surface area contributed by atoms with E-state index in [-0.39, 0.29) is 0 Å². The lowest BCUT2D eigenvalue weighted by Crippen LogP contribution is -2.16. The van der Waals surface area contributed by atoms with E-state index >= 15 is 0 Å². The first kappa shape index (κ1) is 13.0. The third-order valence-corrected chi connectivity index (χ3v) is 2.73. The molecule has 0 aromatic carbocycles. The number of rotatable bonds is 0. The molecule has 1 saturated heterocycles. The van der Waals surface area contributed by atoms with Gasteiger partial charge in [0.15, 0.2) is 0 Å². The molecule has 80 valence electrons. The zero-order chi connectivity index (χ0) is 10.1. The molecule has 2 rings (SSSR count). The summed E-state index contributed by atoms with van der Waals surface area (Å²) >= 11 is 0. The first-order valence-corrected chi connectivity index (χ1v) is 6.04. The van der Waals surface area contributed by atoms with E-state index in [1.807, 2.05) is 27.7 Å². The van der Waals surface area contributed by atoms with Crippen molar-refractivity contribution in [3.63, 3.8) is 0 Å². The highest BCUT2D eigenvalue weighted by molar-refractivity contribution is 4.78. The summed E-state index contributed by atoms with van der Waals surface area (Å²) in [5.74, 6) is 1.89. The molecule has 0 aromatic heterocycles. The topological polar surface area (TPSA) is 9.23 Å². The van der Waals surface area contributed by atoms with Gasteiger partial charge in [-0.15, -0.1) is 0 Å². The van der Waals surface area contributed by atoms with Gasteiger partial charge in [0.1, 0.15) is 0 Å². The molecule has 0 radical (unpaired) electrons. The lowest BCUT2D eigenvalue weighted by atomic mass is 9.82. The summed E-state index contributed by atoms with van der Waals surface area (Å²) < 4.78 is 5.39. The summed E-state index contributed by atoms with van der Waals surface area (Å²) in [5, 5.41) is 0. The highest BCUT2D eigenvalue weighted by Gasteiger charge is 2.29. The predicted molar refractivity (Wildman–Crippen MR) is 59.0 cm³/mol. The van der Waals surface area contributed by atoms with Crippen LogP contribution in [0, 0.1) is 11.8 Å². The summed E-state index contributed by atoms with van der Waals surface area (Å²) in [4.78, 5) is 0. The number of fused-ring (bicyclic) bond motifs is 1. The van der Waals surface area contributed by atoms with Gasteiger partial charge in [-0.05, 0) is 24.7 Å². The molecule has 2 aliphatic rings. The van der Waals surface area contributed by atoms with E-state index < -0.39 is 0 Å². The van der Waals surface area contributed by atoms with Gasteiger partial charge in [-0.3, -0.25) is 0 Å². The zero-order valence-electron chi connectivity index (χ0n) is 9.81. The van der Waals surface area contributed by atoms with Crippen LogP contribution < -0.4 is 0 Å². The minimum atomic E-state index is 0.943. The maximum atomic E-state index is 5.39. The molecule has 1 aliphatic heterocycles. The van der Waals surface area contributed by atoms with Crippen molar-refractivity contribution in [2.45, 2.75) is 53.4 Å². The highest BCUT2D eigenvalue weighted by atomic mass is 16.5. The number of hydrogen-bond acceptors (Lipinski definition) is 1. The van der Waals surface area contributed by atoms with Crippen molar-refractivity contribution in [1.29, 1.82) is 0 Å². The molecule has 2 atom stereocenters. The summed E-state index contributed by atoms with van der Waals surface area (Å²) in [6.45, 7) is 10.1. The predicted octanol–water partition coefficient (Wildman–Crippen LogP) is 3.88. The van der Waals surface area contributed by atoms with E-state index in [1.54, 1.807) is 0 Å². The van der Waals surface area contributed by atoms with Gasteiger partial charge in [-0.25, -0.2) is 0 Å². The van der Waals surface area contributed by atoms with Crippen molar-refractivity contribution in [1.82, 2.24) is 0 Å². The second-order valence-electron chi connectivity index (χ2n) is 3.34.